The summed E-state index contributed by atoms with van der Waals surface area (Å²) in [6, 6.07) is 7.71. The average molecular weight is 488 g/mol. The van der Waals surface area contributed by atoms with Gasteiger partial charge in [0.25, 0.3) is 5.91 Å². The van der Waals surface area contributed by atoms with Gasteiger partial charge in [-0.2, -0.15) is 15.1 Å². The fourth-order valence-corrected chi connectivity index (χ4v) is 3.16. The molecule has 0 bridgehead atoms. The number of anilines is 1. The Kier molecular flexibility index (Phi) is 7.85. The van der Waals surface area contributed by atoms with Crippen LogP contribution < -0.4 is 16.4 Å². The summed E-state index contributed by atoms with van der Waals surface area (Å²) in [5, 5.41) is 17.6. The lowest BCUT2D eigenvalue weighted by Gasteiger charge is -2.17. The van der Waals surface area contributed by atoms with Gasteiger partial charge in [-0.3, -0.25) is 14.8 Å². The molecular formula is C20H22ClN9O2S. The van der Waals surface area contributed by atoms with Gasteiger partial charge in [0.15, 0.2) is 10.8 Å². The molecule has 0 spiro atoms. The van der Waals surface area contributed by atoms with Crippen molar-refractivity contribution in [2.75, 3.05) is 11.9 Å². The van der Waals surface area contributed by atoms with Gasteiger partial charge in [0.2, 0.25) is 5.96 Å². The number of guanidine groups is 1. The first-order chi connectivity index (χ1) is 15.8. The van der Waals surface area contributed by atoms with Gasteiger partial charge in [-0.15, -0.1) is 0 Å². The van der Waals surface area contributed by atoms with Gasteiger partial charge in [-0.25, -0.2) is 4.99 Å². The maximum absolute atomic E-state index is 12.1. The number of aryl methyl sites for hydroxylation is 2. The molecule has 1 aliphatic rings. The fraction of sp³-hybridized carbons (Fsp3) is 0.200. The molecule has 0 aliphatic carbocycles. The number of nitrogens with two attached hydrogens (primary N) is 1. The Bertz CT molecular complexity index is 1220. The summed E-state index contributed by atoms with van der Waals surface area (Å²) in [5.74, 6) is -0.0621. The Morgan fingerprint density at radius 2 is 2.18 bits per heavy atom. The number of amidine groups is 1. The van der Waals surface area contributed by atoms with Gasteiger partial charge in [-0.1, -0.05) is 23.7 Å². The molecule has 1 amide bonds. The third kappa shape index (κ3) is 6.43. The van der Waals surface area contributed by atoms with Crippen LogP contribution in [0.5, 0.6) is 0 Å². The number of allylic oxidation sites excluding steroid dienone is 1. The summed E-state index contributed by atoms with van der Waals surface area (Å²) in [6.45, 7) is 3.76. The number of para-hydroxylation sites is 2. The van der Waals surface area contributed by atoms with E-state index in [0.29, 0.717) is 28.8 Å². The van der Waals surface area contributed by atoms with Crippen molar-refractivity contribution < 1.29 is 9.21 Å². The minimum Gasteiger partial charge on any atom is -0.423 e. The second-order valence-electron chi connectivity index (χ2n) is 6.73. The molecule has 3 heterocycles. The quantitative estimate of drug-likeness (QED) is 0.324. The van der Waals surface area contributed by atoms with Crippen LogP contribution in [0.25, 0.3) is 11.1 Å². The van der Waals surface area contributed by atoms with Crippen molar-refractivity contribution in [3.63, 3.8) is 0 Å². The van der Waals surface area contributed by atoms with E-state index >= 15 is 0 Å². The standard InChI is InChI=1S/C15H15N7O2S.C5H7ClN2/c1-8-9(12(23)21-13(17)25-7-16)6-18-14(19-8)22-15-20-10-4-2-3-5-11(10)24-15;1-4-5(6)3-8(2)7-4/h2-5,7,16H,6H2,1H3,(H2,17,21,23)(H2,18,19,20,22);3H,1-2H3. The molecular weight excluding hydrogens is 466 g/mol. The summed E-state index contributed by atoms with van der Waals surface area (Å²) in [6.07, 6.45) is 1.77. The van der Waals surface area contributed by atoms with E-state index in [0.717, 1.165) is 33.5 Å². The number of rotatable bonds is 3. The van der Waals surface area contributed by atoms with Crippen molar-refractivity contribution in [3.05, 3.63) is 52.4 Å². The normalized spacial score (nSPS) is 13.7. The summed E-state index contributed by atoms with van der Waals surface area (Å²) in [4.78, 5) is 24.4. The van der Waals surface area contributed by atoms with Crippen LogP contribution in [0.2, 0.25) is 5.02 Å². The zero-order valence-corrected chi connectivity index (χ0v) is 19.7. The van der Waals surface area contributed by atoms with Crippen LogP contribution >= 0.6 is 23.4 Å². The number of aromatic nitrogens is 3. The third-order valence-corrected chi connectivity index (χ3v) is 5.10. The van der Waals surface area contributed by atoms with E-state index in [9.17, 15) is 4.79 Å². The summed E-state index contributed by atoms with van der Waals surface area (Å²) in [5.41, 5.74) is 9.83. The number of hydrogen-bond donors (Lipinski definition) is 4. The topological polar surface area (TPSA) is 160 Å². The SMILES string of the molecule is CC1=C(C(=O)N=C(N)SC=N)CN=C(Nc2nc3ccccc3o2)N1.Cc1nn(C)cc1Cl. The minimum atomic E-state index is -0.485. The number of oxazole rings is 1. The lowest BCUT2D eigenvalue weighted by atomic mass is 10.2. The molecule has 0 saturated carbocycles. The van der Waals surface area contributed by atoms with E-state index in [4.69, 9.17) is 27.2 Å². The van der Waals surface area contributed by atoms with E-state index in [1.807, 2.05) is 38.2 Å². The molecule has 0 atom stereocenters. The molecule has 1 aromatic carbocycles. The van der Waals surface area contributed by atoms with E-state index in [1.54, 1.807) is 17.8 Å². The maximum atomic E-state index is 12.1. The second-order valence-corrected chi connectivity index (χ2v) is 8.03. The number of amides is 1. The molecule has 2 aromatic heterocycles. The monoisotopic (exact) mass is 487 g/mol. The van der Waals surface area contributed by atoms with Gasteiger partial charge in [0.1, 0.15) is 5.52 Å². The predicted molar refractivity (Wildman–Crippen MR) is 132 cm³/mol. The molecule has 1 aliphatic heterocycles. The maximum Gasteiger partial charge on any atom is 0.302 e. The number of nitrogens with one attached hydrogen (secondary N) is 3. The van der Waals surface area contributed by atoms with Gasteiger partial charge >= 0.3 is 6.01 Å². The first kappa shape index (κ1) is 24.0. The number of nitrogens with zero attached hydrogens (tertiary/aromatic N) is 5. The second kappa shape index (κ2) is 10.8. The van der Waals surface area contributed by atoms with E-state index in [1.165, 1.54) is 0 Å². The van der Waals surface area contributed by atoms with E-state index in [-0.39, 0.29) is 11.7 Å². The highest BCUT2D eigenvalue weighted by Crippen LogP contribution is 2.19. The number of fused-ring (bicyclic) bond motifs is 1. The molecule has 0 fully saturated rings. The lowest BCUT2D eigenvalue weighted by Crippen LogP contribution is -2.35. The molecule has 5 N–H and O–H groups in total. The van der Waals surface area contributed by atoms with E-state index in [2.05, 4.69) is 30.7 Å². The Labute approximate surface area is 198 Å². The smallest absolute Gasteiger partial charge is 0.302 e. The lowest BCUT2D eigenvalue weighted by molar-refractivity contribution is -0.114. The Morgan fingerprint density at radius 1 is 1.42 bits per heavy atom. The molecule has 0 saturated heterocycles. The van der Waals surface area contributed by atoms with Gasteiger partial charge in [0.05, 0.1) is 28.4 Å². The predicted octanol–water partition coefficient (Wildman–Crippen LogP) is 3.04. The number of carbonyl (C=O) groups is 1. The highest BCUT2D eigenvalue weighted by molar-refractivity contribution is 8.24. The van der Waals surface area contributed by atoms with Crippen LogP contribution in [0.4, 0.5) is 6.01 Å². The van der Waals surface area contributed by atoms with Crippen LogP contribution in [0.3, 0.4) is 0 Å². The third-order valence-electron chi connectivity index (χ3n) is 4.28. The molecule has 13 heteroatoms. The van der Waals surface area contributed by atoms with Gasteiger partial charge < -0.3 is 20.9 Å². The van der Waals surface area contributed by atoms with Crippen LogP contribution in [-0.2, 0) is 11.8 Å². The minimum absolute atomic E-state index is 0.0136. The molecule has 3 aromatic rings. The number of benzene rings is 1. The largest absolute Gasteiger partial charge is 0.423 e. The zero-order chi connectivity index (χ0) is 24.0. The number of aliphatic imine (C=N–C) groups is 2. The Hall–Kier alpha value is -3.64. The number of carbonyl (C=O) groups excluding carboxylic acids is 1. The summed E-state index contributed by atoms with van der Waals surface area (Å²) in [7, 11) is 1.85. The first-order valence-electron chi connectivity index (χ1n) is 9.60. The van der Waals surface area contributed by atoms with Crippen LogP contribution in [0.15, 0.2) is 56.1 Å². The van der Waals surface area contributed by atoms with Crippen molar-refractivity contribution in [1.29, 1.82) is 5.41 Å². The van der Waals surface area contributed by atoms with Crippen molar-refractivity contribution in [2.24, 2.45) is 22.8 Å². The van der Waals surface area contributed by atoms with Crippen molar-refractivity contribution >= 4 is 63.1 Å². The van der Waals surface area contributed by atoms with Crippen molar-refractivity contribution in [2.45, 2.75) is 13.8 Å². The highest BCUT2D eigenvalue weighted by Gasteiger charge is 2.19. The highest BCUT2D eigenvalue weighted by atomic mass is 35.5. The van der Waals surface area contributed by atoms with E-state index < -0.39 is 5.91 Å². The van der Waals surface area contributed by atoms with Crippen LogP contribution in [-0.4, -0.2) is 43.9 Å². The number of thioether (sulfide) groups is 1. The fourth-order valence-electron chi connectivity index (χ4n) is 2.72. The molecule has 4 rings (SSSR count). The summed E-state index contributed by atoms with van der Waals surface area (Å²) >= 11 is 6.51. The molecule has 0 unspecified atom stereocenters. The zero-order valence-electron chi connectivity index (χ0n) is 18.1. The Morgan fingerprint density at radius 3 is 2.76 bits per heavy atom. The first-order valence-corrected chi connectivity index (χ1v) is 10.9. The molecule has 33 heavy (non-hydrogen) atoms. The average Bonchev–Trinajstić information content (AvgIpc) is 3.29. The van der Waals surface area contributed by atoms with Gasteiger partial charge in [-0.05, 0) is 37.7 Å². The number of halogens is 1. The van der Waals surface area contributed by atoms with Gasteiger partial charge in [0, 0.05) is 18.9 Å². The molecule has 0 radical (unpaired) electrons. The van der Waals surface area contributed by atoms with Crippen LogP contribution in [0, 0.1) is 12.3 Å². The van der Waals surface area contributed by atoms with Crippen molar-refractivity contribution in [1.82, 2.24) is 20.1 Å². The van der Waals surface area contributed by atoms with Crippen LogP contribution in [0.1, 0.15) is 12.6 Å². The molecule has 172 valence electrons. The molecule has 11 nitrogen and oxygen atoms in total. The summed E-state index contributed by atoms with van der Waals surface area (Å²) < 4.78 is 7.26. The number of hydrogen-bond acceptors (Lipinski definition) is 9. The Balaban J connectivity index is 0.000000323. The van der Waals surface area contributed by atoms with Crippen molar-refractivity contribution in [3.8, 4) is 0 Å².